The molecular formula is C23H16Br2N4O. The second-order valence-electron chi connectivity index (χ2n) is 6.39. The second kappa shape index (κ2) is 9.19. The van der Waals surface area contributed by atoms with Gasteiger partial charge in [0.05, 0.1) is 22.1 Å². The molecule has 4 rings (SSSR count). The van der Waals surface area contributed by atoms with Crippen LogP contribution in [0.25, 0.3) is 22.5 Å². The summed E-state index contributed by atoms with van der Waals surface area (Å²) in [5.74, 6) is 0.465. The first kappa shape index (κ1) is 20.3. The first-order valence-corrected chi connectivity index (χ1v) is 10.7. The number of hydrogen-bond acceptors (Lipinski definition) is 5. The number of halogens is 2. The van der Waals surface area contributed by atoms with Gasteiger partial charge in [-0.25, -0.2) is 15.4 Å². The Morgan fingerprint density at radius 2 is 1.37 bits per heavy atom. The second-order valence-corrected chi connectivity index (χ2v) is 8.16. The zero-order valence-electron chi connectivity index (χ0n) is 15.6. The molecule has 0 bridgehead atoms. The van der Waals surface area contributed by atoms with E-state index in [2.05, 4.69) is 52.4 Å². The monoisotopic (exact) mass is 522 g/mol. The molecule has 0 unspecified atom stereocenters. The molecule has 1 heterocycles. The van der Waals surface area contributed by atoms with Gasteiger partial charge in [-0.05, 0) is 34.1 Å². The Labute approximate surface area is 190 Å². The highest BCUT2D eigenvalue weighted by atomic mass is 79.9. The summed E-state index contributed by atoms with van der Waals surface area (Å²) in [4.78, 5) is 9.20. The molecule has 0 fully saturated rings. The Morgan fingerprint density at radius 1 is 0.800 bits per heavy atom. The number of phenols is 1. The van der Waals surface area contributed by atoms with Crippen molar-refractivity contribution in [2.24, 2.45) is 5.10 Å². The molecule has 3 aromatic carbocycles. The molecule has 0 spiro atoms. The van der Waals surface area contributed by atoms with Crippen LogP contribution in [-0.2, 0) is 0 Å². The van der Waals surface area contributed by atoms with Crippen LogP contribution in [0.1, 0.15) is 5.56 Å². The Bertz CT molecular complexity index is 1140. The molecule has 0 saturated heterocycles. The van der Waals surface area contributed by atoms with Crippen molar-refractivity contribution in [1.29, 1.82) is 0 Å². The van der Waals surface area contributed by atoms with E-state index in [4.69, 9.17) is 0 Å². The number of phenolic OH excluding ortho intramolecular Hbond substituents is 1. The molecule has 148 valence electrons. The third-order valence-corrected chi connectivity index (χ3v) is 5.35. The predicted molar refractivity (Wildman–Crippen MR) is 128 cm³/mol. The highest BCUT2D eigenvalue weighted by Gasteiger charge is 2.09. The number of hydrazone groups is 1. The minimum absolute atomic E-state index is 0.104. The molecule has 0 aliphatic heterocycles. The predicted octanol–water partition coefficient (Wildman–Crippen LogP) is 6.49. The summed E-state index contributed by atoms with van der Waals surface area (Å²) in [7, 11) is 0. The standard InChI is InChI=1S/C23H16Br2N4O/c24-18-11-17(22(30)19(25)12-18)14-26-29-23-27-20(15-7-3-1-4-8-15)13-21(28-23)16-9-5-2-6-10-16/h1-14,30H,(H,27,28,29)/b26-14+. The van der Waals surface area contributed by atoms with Crippen LogP contribution in [0.2, 0.25) is 0 Å². The summed E-state index contributed by atoms with van der Waals surface area (Å²) >= 11 is 6.72. The van der Waals surface area contributed by atoms with Crippen LogP contribution < -0.4 is 5.43 Å². The Kier molecular flexibility index (Phi) is 6.21. The molecule has 7 heteroatoms. The average molecular weight is 524 g/mol. The van der Waals surface area contributed by atoms with Crippen molar-refractivity contribution in [2.75, 3.05) is 5.43 Å². The summed E-state index contributed by atoms with van der Waals surface area (Å²) in [5, 5.41) is 14.4. The number of rotatable bonds is 5. The minimum atomic E-state index is 0.104. The van der Waals surface area contributed by atoms with Gasteiger partial charge in [-0.2, -0.15) is 5.10 Å². The van der Waals surface area contributed by atoms with E-state index < -0.39 is 0 Å². The summed E-state index contributed by atoms with van der Waals surface area (Å²) in [5.41, 5.74) is 6.97. The fourth-order valence-electron chi connectivity index (χ4n) is 2.85. The Morgan fingerprint density at radius 3 is 1.93 bits per heavy atom. The molecule has 0 aliphatic carbocycles. The molecule has 0 saturated carbocycles. The summed E-state index contributed by atoms with van der Waals surface area (Å²) in [6, 6.07) is 25.3. The Balaban J connectivity index is 1.69. The van der Waals surface area contributed by atoms with Crippen LogP contribution in [0, 0.1) is 0 Å². The largest absolute Gasteiger partial charge is 0.506 e. The number of aromatic hydroxyl groups is 1. The molecule has 0 radical (unpaired) electrons. The molecule has 1 aromatic heterocycles. The maximum Gasteiger partial charge on any atom is 0.244 e. The van der Waals surface area contributed by atoms with Gasteiger partial charge in [0.2, 0.25) is 5.95 Å². The van der Waals surface area contributed by atoms with E-state index in [1.807, 2.05) is 66.7 Å². The number of nitrogens with one attached hydrogen (secondary N) is 1. The van der Waals surface area contributed by atoms with Crippen molar-refractivity contribution in [3.63, 3.8) is 0 Å². The van der Waals surface area contributed by atoms with Crippen molar-refractivity contribution in [2.45, 2.75) is 0 Å². The van der Waals surface area contributed by atoms with Crippen molar-refractivity contribution in [3.05, 3.63) is 93.4 Å². The molecule has 0 amide bonds. The fraction of sp³-hybridized carbons (Fsp3) is 0. The normalized spacial score (nSPS) is 11.0. The van der Waals surface area contributed by atoms with Crippen molar-refractivity contribution < 1.29 is 5.11 Å². The average Bonchev–Trinajstić information content (AvgIpc) is 2.78. The molecule has 30 heavy (non-hydrogen) atoms. The van der Waals surface area contributed by atoms with Gasteiger partial charge in [-0.3, -0.25) is 0 Å². The molecule has 5 nitrogen and oxygen atoms in total. The lowest BCUT2D eigenvalue weighted by Gasteiger charge is -2.08. The van der Waals surface area contributed by atoms with E-state index in [1.54, 1.807) is 12.1 Å². The van der Waals surface area contributed by atoms with Gasteiger partial charge in [0.1, 0.15) is 5.75 Å². The SMILES string of the molecule is Oc1c(Br)cc(Br)cc1/C=N/Nc1nc(-c2ccccc2)cc(-c2ccccc2)n1. The van der Waals surface area contributed by atoms with Gasteiger partial charge in [0.15, 0.2) is 0 Å². The summed E-state index contributed by atoms with van der Waals surface area (Å²) in [6.07, 6.45) is 1.52. The zero-order valence-corrected chi connectivity index (χ0v) is 18.8. The van der Waals surface area contributed by atoms with Crippen LogP contribution in [0.3, 0.4) is 0 Å². The topological polar surface area (TPSA) is 70.4 Å². The van der Waals surface area contributed by atoms with Crippen molar-refractivity contribution in [1.82, 2.24) is 9.97 Å². The van der Waals surface area contributed by atoms with E-state index in [-0.39, 0.29) is 5.75 Å². The van der Waals surface area contributed by atoms with Gasteiger partial charge in [-0.1, -0.05) is 76.6 Å². The quantitative estimate of drug-likeness (QED) is 0.232. The van der Waals surface area contributed by atoms with Gasteiger partial charge >= 0.3 is 0 Å². The minimum Gasteiger partial charge on any atom is -0.506 e. The highest BCUT2D eigenvalue weighted by molar-refractivity contribution is 9.11. The first-order valence-electron chi connectivity index (χ1n) is 9.07. The molecular weight excluding hydrogens is 508 g/mol. The zero-order chi connectivity index (χ0) is 20.9. The number of aromatic nitrogens is 2. The smallest absolute Gasteiger partial charge is 0.244 e. The Hall–Kier alpha value is -3.03. The third-order valence-electron chi connectivity index (χ3n) is 4.29. The summed E-state index contributed by atoms with van der Waals surface area (Å²) < 4.78 is 1.40. The van der Waals surface area contributed by atoms with E-state index >= 15 is 0 Å². The number of nitrogens with zero attached hydrogens (tertiary/aromatic N) is 3. The molecule has 0 atom stereocenters. The summed E-state index contributed by atoms with van der Waals surface area (Å²) in [6.45, 7) is 0. The third kappa shape index (κ3) is 4.75. The van der Waals surface area contributed by atoms with Crippen LogP contribution >= 0.6 is 31.9 Å². The lowest BCUT2D eigenvalue weighted by Crippen LogP contribution is -2.00. The van der Waals surface area contributed by atoms with Crippen molar-refractivity contribution in [3.8, 4) is 28.3 Å². The van der Waals surface area contributed by atoms with E-state index in [9.17, 15) is 5.11 Å². The van der Waals surface area contributed by atoms with Gasteiger partial charge in [0.25, 0.3) is 0 Å². The van der Waals surface area contributed by atoms with Crippen LogP contribution in [0.15, 0.2) is 92.9 Å². The van der Waals surface area contributed by atoms with Gasteiger partial charge in [-0.15, -0.1) is 0 Å². The molecule has 4 aromatic rings. The molecule has 2 N–H and O–H groups in total. The maximum absolute atomic E-state index is 10.2. The van der Waals surface area contributed by atoms with E-state index in [1.165, 1.54) is 6.21 Å². The van der Waals surface area contributed by atoms with Crippen LogP contribution in [-0.4, -0.2) is 21.3 Å². The lowest BCUT2D eigenvalue weighted by atomic mass is 10.1. The number of benzene rings is 3. The van der Waals surface area contributed by atoms with E-state index in [0.29, 0.717) is 16.0 Å². The highest BCUT2D eigenvalue weighted by Crippen LogP contribution is 2.30. The van der Waals surface area contributed by atoms with Crippen LogP contribution in [0.4, 0.5) is 5.95 Å². The van der Waals surface area contributed by atoms with Gasteiger partial charge < -0.3 is 5.11 Å². The first-order chi connectivity index (χ1) is 14.6. The maximum atomic E-state index is 10.2. The van der Waals surface area contributed by atoms with Crippen LogP contribution in [0.5, 0.6) is 5.75 Å². The van der Waals surface area contributed by atoms with E-state index in [0.717, 1.165) is 27.0 Å². The van der Waals surface area contributed by atoms with Crippen molar-refractivity contribution >= 4 is 44.0 Å². The number of anilines is 1. The fourth-order valence-corrected chi connectivity index (χ4v) is 4.11. The molecule has 0 aliphatic rings. The number of hydrogen-bond donors (Lipinski definition) is 2. The lowest BCUT2D eigenvalue weighted by molar-refractivity contribution is 0.471. The van der Waals surface area contributed by atoms with Gasteiger partial charge in [0, 0.05) is 21.2 Å².